The largest absolute Gasteiger partial charge is 0.481 e. The molecule has 0 radical (unpaired) electrons. The summed E-state index contributed by atoms with van der Waals surface area (Å²) >= 11 is 0. The van der Waals surface area contributed by atoms with E-state index in [1.165, 1.54) is 26.2 Å². The van der Waals surface area contributed by atoms with Crippen LogP contribution in [0.4, 0.5) is 0 Å². The van der Waals surface area contributed by atoms with Gasteiger partial charge in [0.05, 0.1) is 12.1 Å². The Kier molecular flexibility index (Phi) is 5.51. The number of methoxy groups -OCH3 is 1. The molecule has 1 aliphatic heterocycles. The first-order valence-electron chi connectivity index (χ1n) is 6.99. The fourth-order valence-electron chi connectivity index (χ4n) is 2.66. The van der Waals surface area contributed by atoms with Gasteiger partial charge in [-0.1, -0.05) is 12.1 Å². The van der Waals surface area contributed by atoms with Gasteiger partial charge in [0, 0.05) is 7.11 Å². The van der Waals surface area contributed by atoms with Crippen LogP contribution in [0, 0.1) is 5.92 Å². The Morgan fingerprint density at radius 3 is 2.24 bits per heavy atom. The van der Waals surface area contributed by atoms with Crippen LogP contribution in [-0.4, -0.2) is 58.0 Å². The first-order valence-corrected chi connectivity index (χ1v) is 9.91. The smallest absolute Gasteiger partial charge is 0.310 e. The van der Waals surface area contributed by atoms with E-state index < -0.39 is 60.3 Å². The second-order valence-electron chi connectivity index (χ2n) is 5.38. The van der Waals surface area contributed by atoms with Crippen LogP contribution >= 0.6 is 0 Å². The minimum atomic E-state index is -4.81. The van der Waals surface area contributed by atoms with Crippen LogP contribution in [0.2, 0.25) is 0 Å². The third kappa shape index (κ3) is 3.99. The van der Waals surface area contributed by atoms with Gasteiger partial charge in [0.2, 0.25) is 10.0 Å². The minimum absolute atomic E-state index is 0.712. The summed E-state index contributed by atoms with van der Waals surface area (Å²) in [6, 6.07) is 3.10. The zero-order chi connectivity index (χ0) is 19.0. The van der Waals surface area contributed by atoms with E-state index in [4.69, 9.17) is 9.47 Å². The molecular weight excluding hydrogens is 378 g/mol. The summed E-state index contributed by atoms with van der Waals surface area (Å²) in [5.41, 5.74) is 0. The average Bonchev–Trinajstić information content (AvgIpc) is 2.81. The zero-order valence-corrected chi connectivity index (χ0v) is 14.8. The van der Waals surface area contributed by atoms with Crippen LogP contribution in [0.25, 0.3) is 0 Å². The fraction of sp³-hybridized carbons (Fsp3) is 0.462. The van der Waals surface area contributed by atoms with Crippen LogP contribution < -0.4 is 4.72 Å². The maximum Gasteiger partial charge on any atom is 0.310 e. The number of sulfonamides is 1. The standard InChI is InChI=1S/C13H17NO9S2/c1-7-10(12(15)16)11(13(22-2)23-7)14-24(17,18)8-5-3-4-6-9(8)25(19,20)21/h3-7,10-11,13-14H,1-2H3,(H,15,16)(H,19,20,21)/t7-,10+,11-,13+/m1/s1. The number of aliphatic carboxylic acids is 1. The number of ether oxygens (including phenoxy) is 2. The Hall–Kier alpha value is -1.57. The Bertz CT molecular complexity index is 865. The van der Waals surface area contributed by atoms with Gasteiger partial charge in [-0.05, 0) is 19.1 Å². The molecule has 1 aromatic carbocycles. The second-order valence-corrected chi connectivity index (χ2v) is 8.45. The van der Waals surface area contributed by atoms with Gasteiger partial charge in [0.15, 0.2) is 6.29 Å². The van der Waals surface area contributed by atoms with Crippen LogP contribution in [0.3, 0.4) is 0 Å². The Morgan fingerprint density at radius 2 is 1.76 bits per heavy atom. The molecule has 1 fully saturated rings. The highest BCUT2D eigenvalue weighted by Crippen LogP contribution is 2.30. The average molecular weight is 395 g/mol. The molecule has 0 amide bonds. The first kappa shape index (κ1) is 19.8. The van der Waals surface area contributed by atoms with E-state index in [1.807, 2.05) is 0 Å². The van der Waals surface area contributed by atoms with Gasteiger partial charge in [-0.15, -0.1) is 0 Å². The summed E-state index contributed by atoms with van der Waals surface area (Å²) in [5, 5.41) is 9.31. The summed E-state index contributed by atoms with van der Waals surface area (Å²) in [5.74, 6) is -2.56. The monoisotopic (exact) mass is 395 g/mol. The number of nitrogens with one attached hydrogen (secondary N) is 1. The van der Waals surface area contributed by atoms with Crippen molar-refractivity contribution >= 4 is 26.1 Å². The molecule has 0 saturated carbocycles. The topological polar surface area (TPSA) is 156 Å². The number of carboxylic acid groups (broad SMARTS) is 1. The SMILES string of the molecule is CO[C@H]1O[C@H](C)[C@H](C(=O)O)[C@H]1NS(=O)(=O)c1ccccc1S(=O)(=O)O. The van der Waals surface area contributed by atoms with Crippen molar-refractivity contribution in [3.05, 3.63) is 24.3 Å². The van der Waals surface area contributed by atoms with Crippen LogP contribution in [0.15, 0.2) is 34.1 Å². The van der Waals surface area contributed by atoms with Crippen molar-refractivity contribution in [3.8, 4) is 0 Å². The highest BCUT2D eigenvalue weighted by atomic mass is 32.2. The molecule has 1 saturated heterocycles. The van der Waals surface area contributed by atoms with Gasteiger partial charge < -0.3 is 14.6 Å². The number of hydrogen-bond acceptors (Lipinski definition) is 7. The molecule has 0 bridgehead atoms. The van der Waals surface area contributed by atoms with Gasteiger partial charge in [-0.25, -0.2) is 13.1 Å². The van der Waals surface area contributed by atoms with Crippen molar-refractivity contribution in [1.29, 1.82) is 0 Å². The van der Waals surface area contributed by atoms with Crippen molar-refractivity contribution in [2.75, 3.05) is 7.11 Å². The molecule has 2 rings (SSSR count). The molecule has 3 N–H and O–H groups in total. The Morgan fingerprint density at radius 1 is 1.20 bits per heavy atom. The predicted molar refractivity (Wildman–Crippen MR) is 82.8 cm³/mol. The Balaban J connectivity index is 2.47. The lowest BCUT2D eigenvalue weighted by Gasteiger charge is -2.21. The molecule has 1 heterocycles. The summed E-state index contributed by atoms with van der Waals surface area (Å²) in [6.45, 7) is 1.45. The normalized spacial score (nSPS) is 27.3. The molecule has 0 aromatic heterocycles. The minimum Gasteiger partial charge on any atom is -0.481 e. The van der Waals surface area contributed by atoms with Crippen molar-refractivity contribution in [1.82, 2.24) is 4.72 Å². The lowest BCUT2D eigenvalue weighted by atomic mass is 9.98. The summed E-state index contributed by atoms with van der Waals surface area (Å²) in [6.07, 6.45) is -2.02. The maximum absolute atomic E-state index is 12.6. The van der Waals surface area contributed by atoms with E-state index in [-0.39, 0.29) is 0 Å². The van der Waals surface area contributed by atoms with Crippen molar-refractivity contribution < 1.29 is 40.8 Å². The molecular formula is C13H17NO9S2. The molecule has 140 valence electrons. The molecule has 10 nitrogen and oxygen atoms in total. The van der Waals surface area contributed by atoms with Crippen molar-refractivity contribution in [3.63, 3.8) is 0 Å². The van der Waals surface area contributed by atoms with E-state index in [0.29, 0.717) is 0 Å². The third-order valence-corrected chi connectivity index (χ3v) is 6.32. The fourth-order valence-corrected chi connectivity index (χ4v) is 5.21. The van der Waals surface area contributed by atoms with E-state index >= 15 is 0 Å². The highest BCUT2D eigenvalue weighted by Gasteiger charge is 2.49. The van der Waals surface area contributed by atoms with Crippen molar-refractivity contribution in [2.45, 2.75) is 35.2 Å². The summed E-state index contributed by atoms with van der Waals surface area (Å²) in [7, 11) is -8.09. The highest BCUT2D eigenvalue weighted by molar-refractivity contribution is 7.91. The van der Waals surface area contributed by atoms with E-state index in [0.717, 1.165) is 12.1 Å². The molecule has 4 atom stereocenters. The zero-order valence-electron chi connectivity index (χ0n) is 13.2. The van der Waals surface area contributed by atoms with Crippen LogP contribution in [-0.2, 0) is 34.4 Å². The molecule has 0 unspecified atom stereocenters. The van der Waals surface area contributed by atoms with Crippen molar-refractivity contribution in [2.24, 2.45) is 5.92 Å². The first-order chi connectivity index (χ1) is 11.5. The molecule has 0 spiro atoms. The summed E-state index contributed by atoms with van der Waals surface area (Å²) < 4.78 is 69.6. The van der Waals surface area contributed by atoms with E-state index in [2.05, 4.69) is 4.72 Å². The van der Waals surface area contributed by atoms with Gasteiger partial charge in [-0.2, -0.15) is 8.42 Å². The molecule has 1 aliphatic rings. The van der Waals surface area contributed by atoms with Crippen LogP contribution in [0.1, 0.15) is 6.92 Å². The number of carbonyl (C=O) groups is 1. The van der Waals surface area contributed by atoms with Gasteiger partial charge >= 0.3 is 5.97 Å². The Labute approximate surface area is 144 Å². The maximum atomic E-state index is 12.6. The molecule has 12 heteroatoms. The summed E-state index contributed by atoms with van der Waals surface area (Å²) in [4.78, 5) is 9.89. The quantitative estimate of drug-likeness (QED) is 0.549. The van der Waals surface area contributed by atoms with Gasteiger partial charge in [0.25, 0.3) is 10.1 Å². The van der Waals surface area contributed by atoms with Crippen LogP contribution in [0.5, 0.6) is 0 Å². The van der Waals surface area contributed by atoms with E-state index in [1.54, 1.807) is 0 Å². The van der Waals surface area contributed by atoms with Gasteiger partial charge in [-0.3, -0.25) is 9.35 Å². The predicted octanol–water partition coefficient (Wildman–Crippen LogP) is -0.328. The number of hydrogen-bond donors (Lipinski definition) is 3. The second kappa shape index (κ2) is 6.97. The van der Waals surface area contributed by atoms with Gasteiger partial charge in [0.1, 0.15) is 15.7 Å². The number of rotatable bonds is 6. The molecule has 0 aliphatic carbocycles. The lowest BCUT2D eigenvalue weighted by Crippen LogP contribution is -2.48. The van der Waals surface area contributed by atoms with E-state index in [9.17, 15) is 31.3 Å². The molecule has 1 aromatic rings. The third-order valence-electron chi connectivity index (χ3n) is 3.76. The lowest BCUT2D eigenvalue weighted by molar-refractivity contribution is -0.144. The number of carboxylic acids is 1. The molecule has 25 heavy (non-hydrogen) atoms. The number of benzene rings is 1.